The molecule has 1 atom stereocenters. The maximum absolute atomic E-state index is 2.43. The van der Waals surface area contributed by atoms with Gasteiger partial charge in [-0.3, -0.25) is 0 Å². The van der Waals surface area contributed by atoms with Crippen LogP contribution in [0, 0.1) is 0 Å². The fourth-order valence-electron chi connectivity index (χ4n) is 0.884. The molecule has 0 amide bonds. The molecule has 0 aromatic carbocycles. The van der Waals surface area contributed by atoms with Gasteiger partial charge >= 0.3 is 73.6 Å². The quantitative estimate of drug-likeness (QED) is 0.314. The van der Waals surface area contributed by atoms with E-state index in [0.717, 1.165) is 3.92 Å². The van der Waals surface area contributed by atoms with E-state index in [-0.39, 0.29) is 0 Å². The minimum atomic E-state index is 0.357. The molecule has 0 spiro atoms. The molecule has 1 aliphatic heterocycles. The van der Waals surface area contributed by atoms with Crippen molar-refractivity contribution in [3.05, 3.63) is 22.3 Å². The van der Waals surface area contributed by atoms with Gasteiger partial charge in [0, 0.05) is 0 Å². The third-order valence-corrected chi connectivity index (χ3v) is 4.16. The van der Waals surface area contributed by atoms with E-state index in [1.807, 2.05) is 0 Å². The molecule has 10 heavy (non-hydrogen) atoms. The van der Waals surface area contributed by atoms with E-state index in [1.165, 1.54) is 19.3 Å². The van der Waals surface area contributed by atoms with Gasteiger partial charge in [-0.05, 0) is 0 Å². The molecule has 0 bridgehead atoms. The zero-order chi connectivity index (χ0) is 7.23. The molecule has 0 fully saturated rings. The first-order chi connectivity index (χ1) is 4.89. The molecule has 0 aromatic rings. The topological polar surface area (TPSA) is 0 Å². The van der Waals surface area contributed by atoms with Gasteiger partial charge in [0.2, 0.25) is 0 Å². The zero-order valence-electron chi connectivity index (χ0n) is 6.39. The predicted octanol–water partition coefficient (Wildman–Crippen LogP) is -0.282. The second-order valence-electron chi connectivity index (χ2n) is 2.55. The van der Waals surface area contributed by atoms with E-state index < -0.39 is 0 Å². The standard InChI is InChI=1S/C9H14I/c1-9-7-5-3-2-4-6-8-10-9/h3,5-6,8-9H,2,4,7H2,1H3/q-1/b5-3-,8-6-. The average Bonchev–Trinajstić information content (AvgIpc) is 2.02. The van der Waals surface area contributed by atoms with Crippen molar-refractivity contribution in [2.24, 2.45) is 0 Å². The van der Waals surface area contributed by atoms with Crippen LogP contribution in [0.5, 0.6) is 0 Å². The fraction of sp³-hybridized carbons (Fsp3) is 0.556. The molecule has 0 saturated carbocycles. The normalized spacial score (nSPS) is 34.3. The summed E-state index contributed by atoms with van der Waals surface area (Å²) >= 11 is 0.357. The molecule has 0 nitrogen and oxygen atoms in total. The van der Waals surface area contributed by atoms with E-state index >= 15 is 0 Å². The first-order valence-corrected chi connectivity index (χ1v) is 6.30. The Morgan fingerprint density at radius 2 is 2.00 bits per heavy atom. The van der Waals surface area contributed by atoms with Crippen LogP contribution in [0.25, 0.3) is 0 Å². The first kappa shape index (κ1) is 8.31. The van der Waals surface area contributed by atoms with E-state index in [0.29, 0.717) is 21.2 Å². The van der Waals surface area contributed by atoms with Crippen molar-refractivity contribution in [1.29, 1.82) is 0 Å². The average molecular weight is 249 g/mol. The molecular weight excluding hydrogens is 235 g/mol. The van der Waals surface area contributed by atoms with Crippen LogP contribution in [-0.4, -0.2) is 3.92 Å². The Labute approximate surface area is 73.7 Å². The van der Waals surface area contributed by atoms with Crippen molar-refractivity contribution in [2.75, 3.05) is 0 Å². The van der Waals surface area contributed by atoms with Gasteiger partial charge in [0.05, 0.1) is 0 Å². The Morgan fingerprint density at radius 1 is 1.20 bits per heavy atom. The summed E-state index contributed by atoms with van der Waals surface area (Å²) in [5, 5.41) is 0. The van der Waals surface area contributed by atoms with E-state index in [1.54, 1.807) is 0 Å². The van der Waals surface area contributed by atoms with Crippen LogP contribution in [0.1, 0.15) is 26.2 Å². The summed E-state index contributed by atoms with van der Waals surface area (Å²) in [5.41, 5.74) is 0. The van der Waals surface area contributed by atoms with Gasteiger partial charge in [-0.2, -0.15) is 0 Å². The molecule has 1 heteroatoms. The van der Waals surface area contributed by atoms with Crippen molar-refractivity contribution in [2.45, 2.75) is 30.1 Å². The van der Waals surface area contributed by atoms with Gasteiger partial charge in [-0.1, -0.05) is 0 Å². The molecule has 1 rings (SSSR count). The number of hydrogen-bond donors (Lipinski definition) is 0. The monoisotopic (exact) mass is 249 g/mol. The summed E-state index contributed by atoms with van der Waals surface area (Å²) in [6.07, 6.45) is 10.8. The van der Waals surface area contributed by atoms with Crippen LogP contribution in [0.15, 0.2) is 22.3 Å². The minimum absolute atomic E-state index is 0.357. The van der Waals surface area contributed by atoms with Gasteiger partial charge < -0.3 is 0 Å². The first-order valence-electron chi connectivity index (χ1n) is 3.81. The second kappa shape index (κ2) is 4.94. The predicted molar refractivity (Wildman–Crippen MR) is 41.6 cm³/mol. The van der Waals surface area contributed by atoms with Crippen LogP contribution < -0.4 is 21.2 Å². The number of hydrogen-bond acceptors (Lipinski definition) is 0. The van der Waals surface area contributed by atoms with Crippen molar-refractivity contribution in [3.8, 4) is 0 Å². The van der Waals surface area contributed by atoms with E-state index in [2.05, 4.69) is 29.2 Å². The van der Waals surface area contributed by atoms with Gasteiger partial charge in [0.1, 0.15) is 0 Å². The van der Waals surface area contributed by atoms with E-state index in [4.69, 9.17) is 0 Å². The zero-order valence-corrected chi connectivity index (χ0v) is 8.54. The van der Waals surface area contributed by atoms with Crippen LogP contribution >= 0.6 is 0 Å². The Balaban J connectivity index is 2.39. The summed E-state index contributed by atoms with van der Waals surface area (Å²) < 4.78 is 3.38. The van der Waals surface area contributed by atoms with Crippen molar-refractivity contribution >= 4 is 0 Å². The fourth-order valence-corrected chi connectivity index (χ4v) is 2.83. The van der Waals surface area contributed by atoms with Crippen LogP contribution in [0.4, 0.5) is 0 Å². The summed E-state index contributed by atoms with van der Waals surface area (Å²) in [5.74, 6) is 0. The van der Waals surface area contributed by atoms with Crippen molar-refractivity contribution in [1.82, 2.24) is 0 Å². The summed E-state index contributed by atoms with van der Waals surface area (Å²) in [6.45, 7) is 2.35. The molecule has 0 saturated heterocycles. The number of alkyl halides is 1. The molecule has 58 valence electrons. The summed E-state index contributed by atoms with van der Waals surface area (Å²) in [4.78, 5) is 0. The Morgan fingerprint density at radius 3 is 2.90 bits per heavy atom. The molecular formula is C9H14I-. The Hall–Kier alpha value is 0.210. The van der Waals surface area contributed by atoms with E-state index in [9.17, 15) is 0 Å². The number of rotatable bonds is 0. The third-order valence-electron chi connectivity index (χ3n) is 1.50. The van der Waals surface area contributed by atoms with Crippen molar-refractivity contribution < 1.29 is 21.2 Å². The van der Waals surface area contributed by atoms with Crippen LogP contribution in [-0.2, 0) is 0 Å². The van der Waals surface area contributed by atoms with Crippen molar-refractivity contribution in [3.63, 3.8) is 0 Å². The molecule has 0 radical (unpaired) electrons. The Kier molecular flexibility index (Phi) is 4.10. The molecule has 0 N–H and O–H groups in total. The molecule has 0 aliphatic carbocycles. The van der Waals surface area contributed by atoms with Gasteiger partial charge in [-0.25, -0.2) is 0 Å². The second-order valence-corrected chi connectivity index (χ2v) is 6.12. The van der Waals surface area contributed by atoms with Gasteiger partial charge in [-0.15, -0.1) is 0 Å². The number of halogens is 1. The van der Waals surface area contributed by atoms with Crippen LogP contribution in [0.2, 0.25) is 0 Å². The molecule has 1 aliphatic rings. The van der Waals surface area contributed by atoms with Gasteiger partial charge in [0.25, 0.3) is 0 Å². The Bertz CT molecular complexity index is 120. The molecule has 1 unspecified atom stereocenters. The van der Waals surface area contributed by atoms with Gasteiger partial charge in [0.15, 0.2) is 0 Å². The maximum atomic E-state index is 2.43. The SMILES string of the molecule is CC1C/C=C\CC/C=C\[I-]1. The summed E-state index contributed by atoms with van der Waals surface area (Å²) in [6, 6.07) is 0. The molecule has 0 aromatic heterocycles. The van der Waals surface area contributed by atoms with Crippen LogP contribution in [0.3, 0.4) is 0 Å². The summed E-state index contributed by atoms with van der Waals surface area (Å²) in [7, 11) is 0. The number of allylic oxidation sites excluding steroid dienone is 3. The third kappa shape index (κ3) is 3.40. The molecule has 1 heterocycles.